The van der Waals surface area contributed by atoms with Crippen molar-refractivity contribution in [3.05, 3.63) is 35.9 Å². The number of Topliss-reactive ketones (excluding diaryl/α,β-unsaturated/α-hetero) is 1. The number of ether oxygens (including phenoxy) is 1. The molecule has 0 aliphatic heterocycles. The van der Waals surface area contributed by atoms with Crippen LogP contribution in [0.4, 0.5) is 0 Å². The van der Waals surface area contributed by atoms with E-state index in [-0.39, 0.29) is 11.9 Å². The first-order valence-electron chi connectivity index (χ1n) is 4.31. The molecule has 0 aromatic heterocycles. The lowest BCUT2D eigenvalue weighted by molar-refractivity contribution is -0.126. The minimum Gasteiger partial charge on any atom is -0.373 e. The van der Waals surface area contributed by atoms with E-state index < -0.39 is 0 Å². The van der Waals surface area contributed by atoms with Gasteiger partial charge in [-0.25, -0.2) is 0 Å². The average molecular weight is 178 g/mol. The summed E-state index contributed by atoms with van der Waals surface area (Å²) >= 11 is 0. The number of ketones is 1. The molecule has 1 atom stereocenters. The van der Waals surface area contributed by atoms with E-state index in [0.29, 0.717) is 6.42 Å². The number of hydrogen-bond donors (Lipinski definition) is 0. The maximum atomic E-state index is 11.1. The van der Waals surface area contributed by atoms with Crippen LogP contribution in [0.5, 0.6) is 0 Å². The number of hydrogen-bond acceptors (Lipinski definition) is 2. The first kappa shape index (κ1) is 9.93. The quantitative estimate of drug-likeness (QED) is 0.703. The molecule has 0 bridgehead atoms. The normalized spacial score (nSPS) is 12.5. The minimum absolute atomic E-state index is 0.0753. The fourth-order valence-corrected chi connectivity index (χ4v) is 1.22. The highest BCUT2D eigenvalue weighted by atomic mass is 16.5. The molecule has 0 N–H and O–H groups in total. The van der Waals surface area contributed by atoms with Crippen LogP contribution in [-0.2, 0) is 16.0 Å². The standard InChI is InChI=1S/C11H14O2/c1-9(12)11(13-2)8-10-6-4-3-5-7-10/h3-7,11H,8H2,1-2H3/t11-/m0/s1. The third-order valence-corrected chi connectivity index (χ3v) is 2.00. The SMILES string of the molecule is CO[C@@H](Cc1ccccc1)C(C)=O. The summed E-state index contributed by atoms with van der Waals surface area (Å²) in [5, 5.41) is 0. The second kappa shape index (κ2) is 4.77. The van der Waals surface area contributed by atoms with Gasteiger partial charge in [0, 0.05) is 13.5 Å². The topological polar surface area (TPSA) is 26.3 Å². The van der Waals surface area contributed by atoms with Gasteiger partial charge in [0.15, 0.2) is 5.78 Å². The first-order valence-corrected chi connectivity index (χ1v) is 4.31. The molecule has 0 radical (unpaired) electrons. The van der Waals surface area contributed by atoms with Crippen LogP contribution in [0.2, 0.25) is 0 Å². The van der Waals surface area contributed by atoms with Crippen molar-refractivity contribution in [1.82, 2.24) is 0 Å². The largest absolute Gasteiger partial charge is 0.373 e. The number of benzene rings is 1. The zero-order valence-electron chi connectivity index (χ0n) is 7.99. The fraction of sp³-hybridized carbons (Fsp3) is 0.364. The third kappa shape index (κ3) is 2.99. The van der Waals surface area contributed by atoms with Crippen LogP contribution in [0, 0.1) is 0 Å². The molecule has 70 valence electrons. The molecule has 0 aliphatic rings. The third-order valence-electron chi connectivity index (χ3n) is 2.00. The maximum Gasteiger partial charge on any atom is 0.158 e. The Labute approximate surface area is 78.5 Å². The van der Waals surface area contributed by atoms with E-state index in [0.717, 1.165) is 5.56 Å². The summed E-state index contributed by atoms with van der Waals surface area (Å²) in [6, 6.07) is 9.87. The van der Waals surface area contributed by atoms with E-state index in [9.17, 15) is 4.79 Å². The van der Waals surface area contributed by atoms with Gasteiger partial charge < -0.3 is 4.74 Å². The maximum absolute atomic E-state index is 11.1. The summed E-state index contributed by atoms with van der Waals surface area (Å²) in [4.78, 5) is 11.1. The fourth-order valence-electron chi connectivity index (χ4n) is 1.22. The molecule has 2 nitrogen and oxygen atoms in total. The number of rotatable bonds is 4. The molecule has 0 saturated heterocycles. The lowest BCUT2D eigenvalue weighted by Gasteiger charge is -2.11. The van der Waals surface area contributed by atoms with Crippen LogP contribution < -0.4 is 0 Å². The number of carbonyl (C=O) groups excluding carboxylic acids is 1. The predicted octanol–water partition coefficient (Wildman–Crippen LogP) is 1.83. The van der Waals surface area contributed by atoms with Crippen LogP contribution in [-0.4, -0.2) is 19.0 Å². The van der Waals surface area contributed by atoms with E-state index in [1.165, 1.54) is 0 Å². The molecule has 0 fully saturated rings. The zero-order chi connectivity index (χ0) is 9.68. The summed E-state index contributed by atoms with van der Waals surface area (Å²) in [5.74, 6) is 0.0753. The molecule has 0 aliphatic carbocycles. The van der Waals surface area contributed by atoms with E-state index in [1.54, 1.807) is 14.0 Å². The van der Waals surface area contributed by atoms with E-state index in [2.05, 4.69) is 0 Å². The summed E-state index contributed by atoms with van der Waals surface area (Å²) in [5.41, 5.74) is 1.13. The van der Waals surface area contributed by atoms with Gasteiger partial charge in [0.2, 0.25) is 0 Å². The molecule has 1 rings (SSSR count). The Morgan fingerprint density at radius 3 is 2.46 bits per heavy atom. The van der Waals surface area contributed by atoms with Gasteiger partial charge >= 0.3 is 0 Å². The van der Waals surface area contributed by atoms with Gasteiger partial charge in [0.1, 0.15) is 6.10 Å². The Bertz CT molecular complexity index is 267. The Balaban J connectivity index is 2.62. The lowest BCUT2D eigenvalue weighted by Crippen LogP contribution is -2.22. The van der Waals surface area contributed by atoms with E-state index in [4.69, 9.17) is 4.74 Å². The summed E-state index contributed by atoms with van der Waals surface area (Å²) in [7, 11) is 1.56. The molecular weight excluding hydrogens is 164 g/mol. The van der Waals surface area contributed by atoms with Crippen molar-refractivity contribution in [2.45, 2.75) is 19.4 Å². The molecule has 1 aromatic rings. The van der Waals surface area contributed by atoms with Gasteiger partial charge in [-0.3, -0.25) is 4.79 Å². The van der Waals surface area contributed by atoms with Crippen LogP contribution in [0.25, 0.3) is 0 Å². The van der Waals surface area contributed by atoms with Gasteiger partial charge in [0.05, 0.1) is 0 Å². The second-order valence-corrected chi connectivity index (χ2v) is 3.02. The van der Waals surface area contributed by atoms with Gasteiger partial charge in [0.25, 0.3) is 0 Å². The molecule has 0 saturated carbocycles. The molecule has 0 spiro atoms. The molecule has 0 amide bonds. The smallest absolute Gasteiger partial charge is 0.158 e. The van der Waals surface area contributed by atoms with Crippen molar-refractivity contribution in [2.24, 2.45) is 0 Å². The Hall–Kier alpha value is -1.15. The van der Waals surface area contributed by atoms with Gasteiger partial charge in [-0.2, -0.15) is 0 Å². The van der Waals surface area contributed by atoms with Gasteiger partial charge in [-0.15, -0.1) is 0 Å². The highest BCUT2D eigenvalue weighted by molar-refractivity contribution is 5.80. The summed E-state index contributed by atoms with van der Waals surface area (Å²) in [6.45, 7) is 1.55. The Morgan fingerprint density at radius 1 is 1.38 bits per heavy atom. The average Bonchev–Trinajstić information content (AvgIpc) is 2.15. The van der Waals surface area contributed by atoms with Crippen LogP contribution >= 0.6 is 0 Å². The highest BCUT2D eigenvalue weighted by Crippen LogP contribution is 2.05. The monoisotopic (exact) mass is 178 g/mol. The molecule has 0 heterocycles. The highest BCUT2D eigenvalue weighted by Gasteiger charge is 2.12. The van der Waals surface area contributed by atoms with Crippen molar-refractivity contribution < 1.29 is 9.53 Å². The van der Waals surface area contributed by atoms with Crippen molar-refractivity contribution >= 4 is 5.78 Å². The van der Waals surface area contributed by atoms with Crippen molar-refractivity contribution in [3.8, 4) is 0 Å². The molecule has 13 heavy (non-hydrogen) atoms. The van der Waals surface area contributed by atoms with E-state index in [1.807, 2.05) is 30.3 Å². The van der Waals surface area contributed by atoms with Crippen molar-refractivity contribution in [1.29, 1.82) is 0 Å². The summed E-state index contributed by atoms with van der Waals surface area (Å²) < 4.78 is 5.07. The number of carbonyl (C=O) groups is 1. The van der Waals surface area contributed by atoms with Gasteiger partial charge in [-0.1, -0.05) is 30.3 Å². The minimum atomic E-state index is -0.303. The van der Waals surface area contributed by atoms with Gasteiger partial charge in [-0.05, 0) is 12.5 Å². The summed E-state index contributed by atoms with van der Waals surface area (Å²) in [6.07, 6.45) is 0.356. The van der Waals surface area contributed by atoms with Crippen molar-refractivity contribution in [2.75, 3.05) is 7.11 Å². The molecular formula is C11H14O2. The number of methoxy groups -OCH3 is 1. The van der Waals surface area contributed by atoms with Crippen molar-refractivity contribution in [3.63, 3.8) is 0 Å². The van der Waals surface area contributed by atoms with Crippen LogP contribution in [0.15, 0.2) is 30.3 Å². The molecule has 2 heteroatoms. The van der Waals surface area contributed by atoms with Crippen LogP contribution in [0.1, 0.15) is 12.5 Å². The lowest BCUT2D eigenvalue weighted by atomic mass is 10.1. The Kier molecular flexibility index (Phi) is 3.65. The van der Waals surface area contributed by atoms with Crippen LogP contribution in [0.3, 0.4) is 0 Å². The molecule has 1 aromatic carbocycles. The first-order chi connectivity index (χ1) is 6.24. The van der Waals surface area contributed by atoms with E-state index >= 15 is 0 Å². The zero-order valence-corrected chi connectivity index (χ0v) is 7.99. The predicted molar refractivity (Wildman–Crippen MR) is 51.6 cm³/mol. The second-order valence-electron chi connectivity index (χ2n) is 3.02. The Morgan fingerprint density at radius 2 is 2.00 bits per heavy atom. The molecule has 0 unspecified atom stereocenters.